The van der Waals surface area contributed by atoms with Crippen molar-refractivity contribution in [1.29, 1.82) is 0 Å². The predicted octanol–water partition coefficient (Wildman–Crippen LogP) is 1.73. The number of halogens is 1. The summed E-state index contributed by atoms with van der Waals surface area (Å²) in [5.41, 5.74) is 5.56. The maximum Gasteiger partial charge on any atom is 0.261 e. The van der Waals surface area contributed by atoms with Crippen molar-refractivity contribution in [1.82, 2.24) is 10.2 Å². The van der Waals surface area contributed by atoms with E-state index in [1.54, 1.807) is 18.0 Å². The molecule has 0 bridgehead atoms. The van der Waals surface area contributed by atoms with Crippen LogP contribution in [0.15, 0.2) is 17.5 Å². The average Bonchev–Trinajstić information content (AvgIpc) is 2.91. The molecule has 0 aliphatic rings. The van der Waals surface area contributed by atoms with Crippen LogP contribution in [0.5, 0.6) is 0 Å². The Bertz CT molecular complexity index is 449. The summed E-state index contributed by atoms with van der Waals surface area (Å²) in [6, 6.07) is 3.59. The van der Waals surface area contributed by atoms with Crippen molar-refractivity contribution in [2.24, 2.45) is 11.1 Å². The van der Waals surface area contributed by atoms with Gasteiger partial charge in [0.2, 0.25) is 5.91 Å². The maximum absolute atomic E-state index is 11.9. The highest BCUT2D eigenvalue weighted by atomic mass is 35.5. The van der Waals surface area contributed by atoms with Crippen molar-refractivity contribution in [3.8, 4) is 0 Å². The summed E-state index contributed by atoms with van der Waals surface area (Å²) in [4.78, 5) is 26.0. The van der Waals surface area contributed by atoms with Gasteiger partial charge >= 0.3 is 0 Å². The van der Waals surface area contributed by atoms with Crippen LogP contribution in [0, 0.1) is 5.41 Å². The zero-order valence-corrected chi connectivity index (χ0v) is 14.4. The molecule has 120 valence electrons. The molecule has 1 rings (SSSR count). The Morgan fingerprint density at radius 1 is 1.43 bits per heavy atom. The van der Waals surface area contributed by atoms with Crippen molar-refractivity contribution in [3.05, 3.63) is 22.4 Å². The second kappa shape index (κ2) is 9.02. The fourth-order valence-electron chi connectivity index (χ4n) is 1.76. The molecule has 0 radical (unpaired) electrons. The van der Waals surface area contributed by atoms with Crippen LogP contribution in [-0.2, 0) is 4.79 Å². The lowest BCUT2D eigenvalue weighted by atomic mass is 9.93. The van der Waals surface area contributed by atoms with Crippen molar-refractivity contribution >= 4 is 35.6 Å². The first-order valence-electron chi connectivity index (χ1n) is 6.61. The minimum atomic E-state index is -0.127. The van der Waals surface area contributed by atoms with Gasteiger partial charge in [0.1, 0.15) is 0 Å². The third kappa shape index (κ3) is 6.93. The molecule has 2 amide bonds. The molecule has 1 heterocycles. The number of carbonyl (C=O) groups is 2. The van der Waals surface area contributed by atoms with Crippen LogP contribution in [0.4, 0.5) is 0 Å². The first kappa shape index (κ1) is 19.9. The standard InChI is InChI=1S/C14H23N3O2S.ClH/c1-14(2,9-15)10-17(3)12(18)6-7-16-13(19)11-5-4-8-20-11;/h4-5,8H,6-7,9-10,15H2,1-3H3,(H,16,19);1H. The Balaban J connectivity index is 0.00000400. The third-order valence-corrected chi connectivity index (χ3v) is 3.88. The number of nitrogens with two attached hydrogens (primary N) is 1. The highest BCUT2D eigenvalue weighted by Gasteiger charge is 2.20. The molecule has 0 spiro atoms. The van der Waals surface area contributed by atoms with Crippen LogP contribution in [0.1, 0.15) is 29.9 Å². The molecule has 0 saturated heterocycles. The summed E-state index contributed by atoms with van der Waals surface area (Å²) in [6.45, 7) is 5.54. The molecule has 5 nitrogen and oxygen atoms in total. The van der Waals surface area contributed by atoms with Crippen molar-refractivity contribution in [2.45, 2.75) is 20.3 Å². The highest BCUT2D eigenvalue weighted by Crippen LogP contribution is 2.14. The van der Waals surface area contributed by atoms with E-state index in [4.69, 9.17) is 5.73 Å². The summed E-state index contributed by atoms with van der Waals surface area (Å²) in [5, 5.41) is 4.60. The lowest BCUT2D eigenvalue weighted by Gasteiger charge is -2.29. The van der Waals surface area contributed by atoms with E-state index in [1.165, 1.54) is 11.3 Å². The van der Waals surface area contributed by atoms with Gasteiger partial charge < -0.3 is 16.0 Å². The quantitative estimate of drug-likeness (QED) is 0.798. The van der Waals surface area contributed by atoms with Crippen LogP contribution in [0.25, 0.3) is 0 Å². The number of nitrogens with zero attached hydrogens (tertiary/aromatic N) is 1. The topological polar surface area (TPSA) is 75.4 Å². The van der Waals surface area contributed by atoms with Crippen LogP contribution >= 0.6 is 23.7 Å². The largest absolute Gasteiger partial charge is 0.351 e. The number of nitrogens with one attached hydrogen (secondary N) is 1. The van der Waals surface area contributed by atoms with Gasteiger partial charge in [-0.2, -0.15) is 0 Å². The number of hydrogen-bond acceptors (Lipinski definition) is 4. The van der Waals surface area contributed by atoms with Crippen molar-refractivity contribution in [3.63, 3.8) is 0 Å². The van der Waals surface area contributed by atoms with E-state index in [0.717, 1.165) is 0 Å². The van der Waals surface area contributed by atoms with Gasteiger partial charge in [-0.1, -0.05) is 19.9 Å². The zero-order chi connectivity index (χ0) is 15.2. The number of thiophene rings is 1. The molecule has 7 heteroatoms. The molecule has 0 fully saturated rings. The molecule has 0 unspecified atom stereocenters. The second-order valence-corrected chi connectivity index (χ2v) is 6.55. The van der Waals surface area contributed by atoms with Crippen LogP contribution in [0.3, 0.4) is 0 Å². The Morgan fingerprint density at radius 2 is 2.10 bits per heavy atom. The van der Waals surface area contributed by atoms with E-state index < -0.39 is 0 Å². The van der Waals surface area contributed by atoms with E-state index in [0.29, 0.717) is 30.9 Å². The molecule has 1 aromatic heterocycles. The van der Waals surface area contributed by atoms with Crippen molar-refractivity contribution < 1.29 is 9.59 Å². The molecule has 0 saturated carbocycles. The highest BCUT2D eigenvalue weighted by molar-refractivity contribution is 7.12. The normalized spacial score (nSPS) is 10.7. The molecule has 0 aromatic carbocycles. The SMILES string of the molecule is CN(CC(C)(C)CN)C(=O)CCNC(=O)c1cccs1.Cl. The third-order valence-electron chi connectivity index (χ3n) is 3.01. The first-order chi connectivity index (χ1) is 9.35. The van der Waals surface area contributed by atoms with Crippen LogP contribution in [-0.4, -0.2) is 43.4 Å². The van der Waals surface area contributed by atoms with Crippen LogP contribution in [0.2, 0.25) is 0 Å². The molecule has 0 atom stereocenters. The van der Waals surface area contributed by atoms with Gasteiger partial charge in [-0.15, -0.1) is 23.7 Å². The van der Waals surface area contributed by atoms with Gasteiger partial charge in [0.15, 0.2) is 0 Å². The van der Waals surface area contributed by atoms with Crippen molar-refractivity contribution in [2.75, 3.05) is 26.7 Å². The van der Waals surface area contributed by atoms with Gasteiger partial charge in [-0.25, -0.2) is 0 Å². The van der Waals surface area contributed by atoms with E-state index in [-0.39, 0.29) is 29.6 Å². The van der Waals surface area contributed by atoms with Gasteiger partial charge in [-0.05, 0) is 23.4 Å². The van der Waals surface area contributed by atoms with Gasteiger partial charge in [0.05, 0.1) is 4.88 Å². The monoisotopic (exact) mass is 333 g/mol. The second-order valence-electron chi connectivity index (χ2n) is 5.60. The summed E-state index contributed by atoms with van der Waals surface area (Å²) in [6.07, 6.45) is 0.300. The minimum absolute atomic E-state index is 0. The fourth-order valence-corrected chi connectivity index (χ4v) is 2.40. The maximum atomic E-state index is 11.9. The van der Waals surface area contributed by atoms with E-state index >= 15 is 0 Å². The summed E-state index contributed by atoms with van der Waals surface area (Å²) in [7, 11) is 1.76. The zero-order valence-electron chi connectivity index (χ0n) is 12.7. The number of hydrogen-bond donors (Lipinski definition) is 2. The average molecular weight is 334 g/mol. The number of amides is 2. The molecule has 3 N–H and O–H groups in total. The molecule has 21 heavy (non-hydrogen) atoms. The molecular formula is C14H24ClN3O2S. The Kier molecular flexibility index (Phi) is 8.54. The van der Waals surface area contributed by atoms with E-state index in [2.05, 4.69) is 5.32 Å². The molecular weight excluding hydrogens is 310 g/mol. The minimum Gasteiger partial charge on any atom is -0.351 e. The number of carbonyl (C=O) groups excluding carboxylic acids is 2. The molecule has 0 aliphatic heterocycles. The summed E-state index contributed by atoms with van der Waals surface area (Å²) in [5.74, 6) is -0.115. The first-order valence-corrected chi connectivity index (χ1v) is 7.49. The molecule has 0 aliphatic carbocycles. The van der Waals surface area contributed by atoms with Gasteiger partial charge in [0, 0.05) is 26.6 Å². The Labute approximate surface area is 136 Å². The Morgan fingerprint density at radius 3 is 2.62 bits per heavy atom. The number of rotatable bonds is 7. The van der Waals surface area contributed by atoms with E-state index in [1.807, 2.05) is 25.3 Å². The fraction of sp³-hybridized carbons (Fsp3) is 0.571. The summed E-state index contributed by atoms with van der Waals surface area (Å²) >= 11 is 1.39. The predicted molar refractivity (Wildman–Crippen MR) is 89.0 cm³/mol. The van der Waals surface area contributed by atoms with Gasteiger partial charge in [0.25, 0.3) is 5.91 Å². The lowest BCUT2D eigenvalue weighted by molar-refractivity contribution is -0.130. The lowest BCUT2D eigenvalue weighted by Crippen LogP contribution is -2.40. The summed E-state index contributed by atoms with van der Waals surface area (Å²) < 4.78 is 0. The smallest absolute Gasteiger partial charge is 0.261 e. The Hall–Kier alpha value is -1.11. The molecule has 1 aromatic rings. The van der Waals surface area contributed by atoms with E-state index in [9.17, 15) is 9.59 Å². The van der Waals surface area contributed by atoms with Gasteiger partial charge in [-0.3, -0.25) is 9.59 Å². The van der Waals surface area contributed by atoms with Crippen LogP contribution < -0.4 is 11.1 Å².